The van der Waals surface area contributed by atoms with E-state index in [9.17, 15) is 9.90 Å². The first-order chi connectivity index (χ1) is 14.6. The molecule has 0 aliphatic carbocycles. The molecule has 2 aliphatic rings. The molecule has 30 heavy (non-hydrogen) atoms. The van der Waals surface area contributed by atoms with Crippen LogP contribution in [0.4, 0.5) is 0 Å². The van der Waals surface area contributed by atoms with Crippen LogP contribution in [0.25, 0.3) is 0 Å². The fourth-order valence-corrected chi connectivity index (χ4v) is 3.59. The van der Waals surface area contributed by atoms with Gasteiger partial charge >= 0.3 is 5.97 Å². The smallest absolute Gasteiger partial charge is 0.338 e. The highest BCUT2D eigenvalue weighted by Crippen LogP contribution is 2.36. The summed E-state index contributed by atoms with van der Waals surface area (Å²) in [6, 6.07) is 15.8. The van der Waals surface area contributed by atoms with Crippen LogP contribution in [0.15, 0.2) is 54.6 Å². The van der Waals surface area contributed by atoms with E-state index in [0.29, 0.717) is 11.3 Å². The summed E-state index contributed by atoms with van der Waals surface area (Å²) < 4.78 is 33.7. The third-order valence-corrected chi connectivity index (χ3v) is 5.18. The largest absolute Gasteiger partial charge is 0.497 e. The number of esters is 1. The number of rotatable bonds is 5. The molecule has 0 saturated carbocycles. The summed E-state index contributed by atoms with van der Waals surface area (Å²) in [6.07, 6.45) is -5.19. The van der Waals surface area contributed by atoms with Crippen molar-refractivity contribution in [3.63, 3.8) is 0 Å². The van der Waals surface area contributed by atoms with Crippen LogP contribution in [0.5, 0.6) is 5.75 Å². The van der Waals surface area contributed by atoms with Crippen molar-refractivity contribution in [2.24, 2.45) is 0 Å². The molecule has 1 N–H and O–H groups in total. The molecule has 1 unspecified atom stereocenters. The van der Waals surface area contributed by atoms with Crippen molar-refractivity contribution in [3.05, 3.63) is 65.7 Å². The number of benzene rings is 2. The average molecular weight is 416 g/mol. The fraction of sp³-hybridized carbons (Fsp3) is 0.409. The molecule has 2 saturated heterocycles. The standard InChI is InChI=1S/C22H24O8/c1-25-15-10-8-14(9-11-15)21-27-12-16-18(30-21)19(17(23)22(26-2)28-16)29-20(24)13-6-4-3-5-7-13/h3-11,16-19,21-23H,12H2,1-2H3/t16-,17+,18-,19-,21?,22+/m1/s1. The van der Waals surface area contributed by atoms with Crippen LogP contribution < -0.4 is 4.74 Å². The highest BCUT2D eigenvalue weighted by Gasteiger charge is 2.51. The van der Waals surface area contributed by atoms with Crippen LogP contribution in [-0.2, 0) is 23.7 Å². The van der Waals surface area contributed by atoms with E-state index in [4.69, 9.17) is 28.4 Å². The lowest BCUT2D eigenvalue weighted by Crippen LogP contribution is -2.63. The van der Waals surface area contributed by atoms with Gasteiger partial charge in [0.15, 0.2) is 18.7 Å². The van der Waals surface area contributed by atoms with Gasteiger partial charge in [0.1, 0.15) is 24.1 Å². The predicted molar refractivity (Wildman–Crippen MR) is 104 cm³/mol. The molecular weight excluding hydrogens is 392 g/mol. The Balaban J connectivity index is 1.55. The van der Waals surface area contributed by atoms with Crippen LogP contribution >= 0.6 is 0 Å². The molecule has 2 aliphatic heterocycles. The zero-order valence-corrected chi connectivity index (χ0v) is 16.7. The maximum atomic E-state index is 12.6. The number of fused-ring (bicyclic) bond motifs is 1. The first-order valence-electron chi connectivity index (χ1n) is 9.64. The van der Waals surface area contributed by atoms with E-state index in [1.807, 2.05) is 12.1 Å². The SMILES string of the molecule is COc1ccc(C2OC[C@H]3O[C@H](OC)[C@@H](O)[C@@H](OC(=O)c4ccccc4)[C@@H]3O2)cc1. The van der Waals surface area contributed by atoms with E-state index >= 15 is 0 Å². The monoisotopic (exact) mass is 416 g/mol. The van der Waals surface area contributed by atoms with Gasteiger partial charge < -0.3 is 33.5 Å². The molecule has 0 radical (unpaired) electrons. The van der Waals surface area contributed by atoms with Gasteiger partial charge in [0.25, 0.3) is 0 Å². The van der Waals surface area contributed by atoms with Crippen molar-refractivity contribution in [2.45, 2.75) is 37.0 Å². The number of aliphatic hydroxyl groups excluding tert-OH is 1. The van der Waals surface area contributed by atoms with Gasteiger partial charge in [-0.25, -0.2) is 4.79 Å². The van der Waals surface area contributed by atoms with Crippen LogP contribution in [0.3, 0.4) is 0 Å². The van der Waals surface area contributed by atoms with Gasteiger partial charge in [-0.2, -0.15) is 0 Å². The summed E-state index contributed by atoms with van der Waals surface area (Å²) in [5.41, 5.74) is 1.14. The van der Waals surface area contributed by atoms with E-state index in [-0.39, 0.29) is 6.61 Å². The summed E-state index contributed by atoms with van der Waals surface area (Å²) in [7, 11) is 3.00. The van der Waals surface area contributed by atoms with Gasteiger partial charge in [-0.3, -0.25) is 0 Å². The number of hydrogen-bond donors (Lipinski definition) is 1. The first kappa shape index (κ1) is 20.8. The molecule has 4 rings (SSSR count). The maximum Gasteiger partial charge on any atom is 0.338 e. The van der Waals surface area contributed by atoms with Crippen molar-refractivity contribution in [1.82, 2.24) is 0 Å². The second kappa shape index (κ2) is 9.11. The number of ether oxygens (including phenoxy) is 6. The number of aliphatic hydroxyl groups is 1. The molecule has 8 nitrogen and oxygen atoms in total. The highest BCUT2D eigenvalue weighted by atomic mass is 16.8. The molecule has 8 heteroatoms. The number of carbonyl (C=O) groups excluding carboxylic acids is 1. The summed E-state index contributed by atoms with van der Waals surface area (Å²) in [6.45, 7) is 0.188. The number of methoxy groups -OCH3 is 2. The van der Waals surface area contributed by atoms with Crippen LogP contribution in [0, 0.1) is 0 Å². The predicted octanol–water partition coefficient (Wildman–Crippen LogP) is 2.07. The van der Waals surface area contributed by atoms with Crippen LogP contribution in [-0.4, -0.2) is 62.6 Å². The number of hydrogen-bond acceptors (Lipinski definition) is 8. The Morgan fingerprint density at radius 1 is 1.03 bits per heavy atom. The zero-order valence-electron chi connectivity index (χ0n) is 16.7. The minimum Gasteiger partial charge on any atom is -0.497 e. The van der Waals surface area contributed by atoms with Crippen molar-refractivity contribution < 1.29 is 38.3 Å². The highest BCUT2D eigenvalue weighted by molar-refractivity contribution is 5.89. The summed E-state index contributed by atoms with van der Waals surface area (Å²) in [5.74, 6) is 0.146. The Labute approximate surface area is 174 Å². The summed E-state index contributed by atoms with van der Waals surface area (Å²) in [4.78, 5) is 12.6. The molecule has 2 aromatic rings. The second-order valence-corrected chi connectivity index (χ2v) is 7.04. The molecule has 0 amide bonds. The Morgan fingerprint density at radius 3 is 2.43 bits per heavy atom. The van der Waals surface area contributed by atoms with Crippen LogP contribution in [0.2, 0.25) is 0 Å². The molecule has 2 aromatic carbocycles. The van der Waals surface area contributed by atoms with Gasteiger partial charge in [-0.05, 0) is 24.3 Å². The van der Waals surface area contributed by atoms with Crippen molar-refractivity contribution in [3.8, 4) is 5.75 Å². The minimum absolute atomic E-state index is 0.188. The Kier molecular flexibility index (Phi) is 6.31. The van der Waals surface area contributed by atoms with E-state index in [2.05, 4.69) is 0 Å². The van der Waals surface area contributed by atoms with E-state index in [0.717, 1.165) is 5.56 Å². The van der Waals surface area contributed by atoms with Gasteiger partial charge in [0.05, 0.1) is 19.3 Å². The van der Waals surface area contributed by atoms with Crippen molar-refractivity contribution in [2.75, 3.05) is 20.8 Å². The molecular formula is C22H24O8. The van der Waals surface area contributed by atoms with Gasteiger partial charge in [0.2, 0.25) is 0 Å². The lowest BCUT2D eigenvalue weighted by Gasteiger charge is -2.47. The topological polar surface area (TPSA) is 92.7 Å². The van der Waals surface area contributed by atoms with Gasteiger partial charge in [-0.15, -0.1) is 0 Å². The molecule has 2 fully saturated rings. The lowest BCUT2D eigenvalue weighted by atomic mass is 9.97. The average Bonchev–Trinajstić information content (AvgIpc) is 2.81. The molecule has 0 aromatic heterocycles. The first-order valence-corrected chi connectivity index (χ1v) is 9.64. The third kappa shape index (κ3) is 4.19. The second-order valence-electron chi connectivity index (χ2n) is 7.04. The zero-order chi connectivity index (χ0) is 21.1. The normalized spacial score (nSPS) is 30.9. The van der Waals surface area contributed by atoms with Gasteiger partial charge in [0, 0.05) is 12.7 Å². The molecule has 6 atom stereocenters. The van der Waals surface area contributed by atoms with Crippen LogP contribution in [0.1, 0.15) is 22.2 Å². The van der Waals surface area contributed by atoms with E-state index in [1.54, 1.807) is 49.6 Å². The Hall–Kier alpha value is -2.49. The quantitative estimate of drug-likeness (QED) is 0.741. The fourth-order valence-electron chi connectivity index (χ4n) is 3.59. The number of carbonyl (C=O) groups is 1. The molecule has 0 bridgehead atoms. The molecule has 160 valence electrons. The summed E-state index contributed by atoms with van der Waals surface area (Å²) in [5, 5.41) is 10.7. The van der Waals surface area contributed by atoms with E-state index < -0.39 is 43.0 Å². The van der Waals surface area contributed by atoms with Gasteiger partial charge in [-0.1, -0.05) is 30.3 Å². The molecule has 2 heterocycles. The third-order valence-electron chi connectivity index (χ3n) is 5.18. The molecule has 0 spiro atoms. The summed E-state index contributed by atoms with van der Waals surface area (Å²) >= 11 is 0. The van der Waals surface area contributed by atoms with Crippen molar-refractivity contribution >= 4 is 5.97 Å². The minimum atomic E-state index is -1.22. The Morgan fingerprint density at radius 2 is 1.77 bits per heavy atom. The maximum absolute atomic E-state index is 12.6. The van der Waals surface area contributed by atoms with Crippen molar-refractivity contribution in [1.29, 1.82) is 0 Å². The van der Waals surface area contributed by atoms with E-state index in [1.165, 1.54) is 7.11 Å². The lowest BCUT2D eigenvalue weighted by molar-refractivity contribution is -0.357. The Bertz CT molecular complexity index is 840.